The molecule has 1 N–H and O–H groups in total. The minimum absolute atomic E-state index is 0.0643. The van der Waals surface area contributed by atoms with Crippen LogP contribution in [0.5, 0.6) is 0 Å². The number of ether oxygens (including phenoxy) is 1. The van der Waals surface area contributed by atoms with E-state index >= 15 is 0 Å². The molecule has 14 heavy (non-hydrogen) atoms. The molecule has 0 radical (unpaired) electrons. The SMILES string of the molecule is OC(CC1CCOCC1)C1CCCS1. The molecule has 2 aliphatic rings. The third-order valence-electron chi connectivity index (χ3n) is 3.31. The second-order valence-electron chi connectivity index (χ2n) is 4.41. The van der Waals surface area contributed by atoms with E-state index < -0.39 is 0 Å². The van der Waals surface area contributed by atoms with Crippen LogP contribution in [0.1, 0.15) is 32.1 Å². The van der Waals surface area contributed by atoms with Crippen molar-refractivity contribution < 1.29 is 9.84 Å². The van der Waals surface area contributed by atoms with Crippen LogP contribution in [0.4, 0.5) is 0 Å². The van der Waals surface area contributed by atoms with E-state index in [1.165, 1.54) is 18.6 Å². The first kappa shape index (κ1) is 10.8. The van der Waals surface area contributed by atoms with Gasteiger partial charge in [-0.2, -0.15) is 11.8 Å². The van der Waals surface area contributed by atoms with Crippen LogP contribution in [0, 0.1) is 5.92 Å². The van der Waals surface area contributed by atoms with Gasteiger partial charge in [-0.1, -0.05) is 0 Å². The highest BCUT2D eigenvalue weighted by molar-refractivity contribution is 8.00. The van der Waals surface area contributed by atoms with Gasteiger partial charge in [0.15, 0.2) is 0 Å². The summed E-state index contributed by atoms with van der Waals surface area (Å²) < 4.78 is 5.32. The number of hydrogen-bond donors (Lipinski definition) is 1. The van der Waals surface area contributed by atoms with Gasteiger partial charge in [-0.05, 0) is 43.8 Å². The van der Waals surface area contributed by atoms with Crippen molar-refractivity contribution in [2.45, 2.75) is 43.5 Å². The van der Waals surface area contributed by atoms with E-state index in [1.54, 1.807) is 0 Å². The highest BCUT2D eigenvalue weighted by atomic mass is 32.2. The Labute approximate surface area is 90.4 Å². The first-order chi connectivity index (χ1) is 6.86. The summed E-state index contributed by atoms with van der Waals surface area (Å²) in [6, 6.07) is 0. The molecule has 2 unspecified atom stereocenters. The Hall–Kier alpha value is 0.270. The Balaban J connectivity index is 1.72. The molecule has 0 aromatic rings. The van der Waals surface area contributed by atoms with Gasteiger partial charge in [0.1, 0.15) is 0 Å². The zero-order valence-electron chi connectivity index (χ0n) is 8.65. The lowest BCUT2D eigenvalue weighted by Gasteiger charge is -2.26. The van der Waals surface area contributed by atoms with Gasteiger partial charge in [-0.15, -0.1) is 0 Å². The van der Waals surface area contributed by atoms with Crippen LogP contribution in [0.2, 0.25) is 0 Å². The lowest BCUT2D eigenvalue weighted by atomic mass is 9.92. The molecule has 0 aliphatic carbocycles. The van der Waals surface area contributed by atoms with E-state index in [4.69, 9.17) is 4.74 Å². The minimum Gasteiger partial charge on any atom is -0.392 e. The van der Waals surface area contributed by atoms with E-state index in [-0.39, 0.29) is 6.10 Å². The molecule has 2 heterocycles. The Morgan fingerprint density at radius 1 is 1.29 bits per heavy atom. The molecule has 3 heteroatoms. The molecule has 2 saturated heterocycles. The molecule has 0 bridgehead atoms. The maximum Gasteiger partial charge on any atom is 0.0661 e. The minimum atomic E-state index is -0.0643. The number of thioether (sulfide) groups is 1. The van der Waals surface area contributed by atoms with Crippen molar-refractivity contribution in [3.8, 4) is 0 Å². The third-order valence-corrected chi connectivity index (χ3v) is 4.81. The molecular weight excluding hydrogens is 196 g/mol. The molecule has 2 rings (SSSR count). The predicted molar refractivity (Wildman–Crippen MR) is 59.6 cm³/mol. The Kier molecular flexibility index (Phi) is 4.14. The fraction of sp³-hybridized carbons (Fsp3) is 1.00. The fourth-order valence-corrected chi connectivity index (χ4v) is 3.68. The number of aliphatic hydroxyl groups excluding tert-OH is 1. The van der Waals surface area contributed by atoms with E-state index in [9.17, 15) is 5.11 Å². The average molecular weight is 216 g/mol. The van der Waals surface area contributed by atoms with Gasteiger partial charge in [0, 0.05) is 18.5 Å². The summed E-state index contributed by atoms with van der Waals surface area (Å²) in [7, 11) is 0. The van der Waals surface area contributed by atoms with Crippen molar-refractivity contribution in [2.24, 2.45) is 5.92 Å². The van der Waals surface area contributed by atoms with Crippen molar-refractivity contribution in [1.82, 2.24) is 0 Å². The smallest absolute Gasteiger partial charge is 0.0661 e. The predicted octanol–water partition coefficient (Wildman–Crippen LogP) is 2.06. The van der Waals surface area contributed by atoms with Crippen molar-refractivity contribution in [1.29, 1.82) is 0 Å². The van der Waals surface area contributed by atoms with Crippen LogP contribution in [0.15, 0.2) is 0 Å². The van der Waals surface area contributed by atoms with Crippen molar-refractivity contribution in [2.75, 3.05) is 19.0 Å². The number of rotatable bonds is 3. The second-order valence-corrected chi connectivity index (χ2v) is 5.76. The first-order valence-electron chi connectivity index (χ1n) is 5.73. The number of hydrogen-bond acceptors (Lipinski definition) is 3. The molecule has 0 aromatic carbocycles. The standard InChI is InChI=1S/C11H20O2S/c12-10(11-2-1-7-14-11)8-9-3-5-13-6-4-9/h9-12H,1-8H2. The van der Waals surface area contributed by atoms with Crippen molar-refractivity contribution in [3.05, 3.63) is 0 Å². The monoisotopic (exact) mass is 216 g/mol. The van der Waals surface area contributed by atoms with Gasteiger partial charge in [-0.3, -0.25) is 0 Å². The molecule has 0 aromatic heterocycles. The van der Waals surface area contributed by atoms with E-state index in [2.05, 4.69) is 0 Å². The van der Waals surface area contributed by atoms with Crippen molar-refractivity contribution in [3.63, 3.8) is 0 Å². The summed E-state index contributed by atoms with van der Waals surface area (Å²) in [5, 5.41) is 10.6. The van der Waals surface area contributed by atoms with Gasteiger partial charge in [0.05, 0.1) is 6.10 Å². The molecule has 0 amide bonds. The second kappa shape index (κ2) is 5.38. The molecule has 0 saturated carbocycles. The topological polar surface area (TPSA) is 29.5 Å². The van der Waals surface area contributed by atoms with Gasteiger partial charge in [0.25, 0.3) is 0 Å². The van der Waals surface area contributed by atoms with Crippen LogP contribution >= 0.6 is 11.8 Å². The first-order valence-corrected chi connectivity index (χ1v) is 6.78. The highest BCUT2D eigenvalue weighted by Crippen LogP contribution is 2.32. The Morgan fingerprint density at radius 3 is 2.71 bits per heavy atom. The zero-order valence-corrected chi connectivity index (χ0v) is 9.47. The molecular formula is C11H20O2S. The molecule has 2 nitrogen and oxygen atoms in total. The number of aliphatic hydroxyl groups is 1. The van der Waals surface area contributed by atoms with Crippen LogP contribution in [0.3, 0.4) is 0 Å². The Morgan fingerprint density at radius 2 is 2.07 bits per heavy atom. The van der Waals surface area contributed by atoms with Crippen LogP contribution in [-0.4, -0.2) is 35.4 Å². The van der Waals surface area contributed by atoms with Gasteiger partial charge < -0.3 is 9.84 Å². The highest BCUT2D eigenvalue weighted by Gasteiger charge is 2.26. The molecule has 2 atom stereocenters. The molecule has 2 aliphatic heterocycles. The summed E-state index contributed by atoms with van der Waals surface area (Å²) in [5.74, 6) is 1.95. The summed E-state index contributed by atoms with van der Waals surface area (Å²) in [5.41, 5.74) is 0. The fourth-order valence-electron chi connectivity index (χ4n) is 2.38. The summed E-state index contributed by atoms with van der Waals surface area (Å²) in [6.45, 7) is 1.80. The van der Waals surface area contributed by atoms with Crippen LogP contribution in [-0.2, 0) is 4.74 Å². The van der Waals surface area contributed by atoms with E-state index in [0.717, 1.165) is 32.5 Å². The van der Waals surface area contributed by atoms with Gasteiger partial charge >= 0.3 is 0 Å². The van der Waals surface area contributed by atoms with Crippen LogP contribution in [0.25, 0.3) is 0 Å². The quantitative estimate of drug-likeness (QED) is 0.783. The normalized spacial score (nSPS) is 31.9. The van der Waals surface area contributed by atoms with E-state index in [0.29, 0.717) is 11.2 Å². The zero-order chi connectivity index (χ0) is 9.80. The third kappa shape index (κ3) is 2.88. The maximum atomic E-state index is 10.0. The summed E-state index contributed by atoms with van der Waals surface area (Å²) in [4.78, 5) is 0. The summed E-state index contributed by atoms with van der Waals surface area (Å²) in [6.07, 6.45) is 5.74. The van der Waals surface area contributed by atoms with E-state index in [1.807, 2.05) is 11.8 Å². The lowest BCUT2D eigenvalue weighted by Crippen LogP contribution is -2.27. The van der Waals surface area contributed by atoms with Gasteiger partial charge in [-0.25, -0.2) is 0 Å². The molecule has 82 valence electrons. The Bertz CT molecular complexity index is 163. The molecule has 2 fully saturated rings. The maximum absolute atomic E-state index is 10.0. The summed E-state index contributed by atoms with van der Waals surface area (Å²) >= 11 is 1.96. The van der Waals surface area contributed by atoms with Gasteiger partial charge in [0.2, 0.25) is 0 Å². The van der Waals surface area contributed by atoms with Crippen LogP contribution < -0.4 is 0 Å². The van der Waals surface area contributed by atoms with Crippen molar-refractivity contribution >= 4 is 11.8 Å². The largest absolute Gasteiger partial charge is 0.392 e. The average Bonchev–Trinajstić information content (AvgIpc) is 2.72. The molecule has 0 spiro atoms. The lowest BCUT2D eigenvalue weighted by molar-refractivity contribution is 0.0432.